The minimum atomic E-state index is -0.361. The maximum Gasteiger partial charge on any atom is 0.317 e. The highest BCUT2D eigenvalue weighted by Crippen LogP contribution is 2.25. The Hall–Kier alpha value is -1.53. The maximum absolute atomic E-state index is 12.6. The predicted octanol–water partition coefficient (Wildman–Crippen LogP) is 2.61. The van der Waals surface area contributed by atoms with Crippen molar-refractivity contribution in [2.45, 2.75) is 51.2 Å². The number of hydrogen-bond donors (Lipinski definition) is 2. The van der Waals surface area contributed by atoms with E-state index in [9.17, 15) is 9.90 Å². The standard InChI is InChI=1S/C19H31N3O3/c1-15(23)16-7-5-11-22(14-16)19(24)20-13-17(18-8-6-12-25-18)21-9-3-2-4-10-21/h6,8,12,15-17,23H,2-5,7,9-11,13-14H2,1H3,(H,20,24). The van der Waals surface area contributed by atoms with Crippen molar-refractivity contribution in [2.75, 3.05) is 32.7 Å². The Balaban J connectivity index is 1.57. The lowest BCUT2D eigenvalue weighted by Crippen LogP contribution is -2.49. The molecule has 140 valence electrons. The number of hydrogen-bond acceptors (Lipinski definition) is 4. The Morgan fingerprint density at radius 1 is 1.32 bits per heavy atom. The molecule has 3 unspecified atom stereocenters. The summed E-state index contributed by atoms with van der Waals surface area (Å²) in [5, 5.41) is 12.9. The molecule has 0 spiro atoms. The number of carbonyl (C=O) groups excluding carboxylic acids is 1. The SMILES string of the molecule is CC(O)C1CCCN(C(=O)NCC(c2ccco2)N2CCCCC2)C1. The first kappa shape index (κ1) is 18.3. The molecule has 2 saturated heterocycles. The fraction of sp³-hybridized carbons (Fsp3) is 0.737. The molecule has 6 heteroatoms. The van der Waals surface area contributed by atoms with Crippen molar-refractivity contribution in [3.63, 3.8) is 0 Å². The third-order valence-corrected chi connectivity index (χ3v) is 5.58. The molecule has 2 N–H and O–H groups in total. The molecule has 0 bridgehead atoms. The molecule has 2 aliphatic heterocycles. The number of likely N-dealkylation sites (tertiary alicyclic amines) is 2. The lowest BCUT2D eigenvalue weighted by molar-refractivity contribution is 0.0728. The van der Waals surface area contributed by atoms with E-state index in [4.69, 9.17) is 4.42 Å². The van der Waals surface area contributed by atoms with Crippen molar-refractivity contribution in [3.05, 3.63) is 24.2 Å². The Labute approximate surface area is 150 Å². The first-order chi connectivity index (χ1) is 12.1. The number of carbonyl (C=O) groups is 1. The third kappa shape index (κ3) is 4.76. The Kier molecular flexibility index (Phi) is 6.37. The summed E-state index contributed by atoms with van der Waals surface area (Å²) in [5.41, 5.74) is 0. The molecular weight excluding hydrogens is 318 g/mol. The average Bonchev–Trinajstić information content (AvgIpc) is 3.17. The normalized spacial score (nSPS) is 24.7. The predicted molar refractivity (Wildman–Crippen MR) is 96.2 cm³/mol. The molecule has 3 atom stereocenters. The zero-order chi connectivity index (χ0) is 17.6. The number of aliphatic hydroxyl groups excluding tert-OH is 1. The molecule has 2 aliphatic rings. The van der Waals surface area contributed by atoms with Gasteiger partial charge in [-0.25, -0.2) is 4.79 Å². The van der Waals surface area contributed by atoms with Crippen molar-refractivity contribution in [1.82, 2.24) is 15.1 Å². The van der Waals surface area contributed by atoms with E-state index in [0.717, 1.165) is 38.2 Å². The van der Waals surface area contributed by atoms with E-state index in [1.165, 1.54) is 19.3 Å². The highest BCUT2D eigenvalue weighted by Gasteiger charge is 2.29. The Morgan fingerprint density at radius 3 is 2.80 bits per heavy atom. The van der Waals surface area contributed by atoms with Gasteiger partial charge in [-0.15, -0.1) is 0 Å². The molecule has 3 rings (SSSR count). The van der Waals surface area contributed by atoms with Crippen LogP contribution in [0.5, 0.6) is 0 Å². The molecule has 25 heavy (non-hydrogen) atoms. The van der Waals surface area contributed by atoms with Gasteiger partial charge in [0.2, 0.25) is 0 Å². The number of furan rings is 1. The van der Waals surface area contributed by atoms with Gasteiger partial charge in [0, 0.05) is 25.6 Å². The smallest absolute Gasteiger partial charge is 0.317 e. The zero-order valence-electron chi connectivity index (χ0n) is 15.2. The molecule has 3 heterocycles. The number of nitrogens with zero attached hydrogens (tertiary/aromatic N) is 2. The minimum absolute atomic E-state index is 0.0288. The van der Waals surface area contributed by atoms with E-state index in [1.54, 1.807) is 6.26 Å². The van der Waals surface area contributed by atoms with Crippen LogP contribution >= 0.6 is 0 Å². The molecule has 6 nitrogen and oxygen atoms in total. The van der Waals surface area contributed by atoms with Crippen molar-refractivity contribution < 1.29 is 14.3 Å². The summed E-state index contributed by atoms with van der Waals surface area (Å²) >= 11 is 0. The van der Waals surface area contributed by atoms with Gasteiger partial charge in [0.1, 0.15) is 5.76 Å². The quantitative estimate of drug-likeness (QED) is 0.857. The third-order valence-electron chi connectivity index (χ3n) is 5.58. The van der Waals surface area contributed by atoms with Crippen molar-refractivity contribution in [3.8, 4) is 0 Å². The van der Waals surface area contributed by atoms with Gasteiger partial charge in [-0.1, -0.05) is 6.42 Å². The van der Waals surface area contributed by atoms with E-state index in [1.807, 2.05) is 24.0 Å². The van der Waals surface area contributed by atoms with Crippen LogP contribution in [-0.2, 0) is 0 Å². The van der Waals surface area contributed by atoms with Gasteiger partial charge in [0.25, 0.3) is 0 Å². The Morgan fingerprint density at radius 2 is 2.12 bits per heavy atom. The zero-order valence-corrected chi connectivity index (χ0v) is 15.2. The van der Waals surface area contributed by atoms with Gasteiger partial charge in [-0.3, -0.25) is 4.90 Å². The highest BCUT2D eigenvalue weighted by atomic mass is 16.3. The van der Waals surface area contributed by atoms with Crippen LogP contribution in [0.4, 0.5) is 4.79 Å². The van der Waals surface area contributed by atoms with Crippen LogP contribution in [0.25, 0.3) is 0 Å². The van der Waals surface area contributed by atoms with Crippen LogP contribution in [-0.4, -0.2) is 59.8 Å². The van der Waals surface area contributed by atoms with E-state index in [2.05, 4.69) is 10.2 Å². The minimum Gasteiger partial charge on any atom is -0.468 e. The fourth-order valence-electron chi connectivity index (χ4n) is 4.00. The molecule has 1 aromatic heterocycles. The summed E-state index contributed by atoms with van der Waals surface area (Å²) in [5.74, 6) is 1.10. The van der Waals surface area contributed by atoms with Gasteiger partial charge >= 0.3 is 6.03 Å². The second-order valence-electron chi connectivity index (χ2n) is 7.40. The van der Waals surface area contributed by atoms with Gasteiger partial charge in [0.15, 0.2) is 0 Å². The van der Waals surface area contributed by atoms with E-state index < -0.39 is 0 Å². The van der Waals surface area contributed by atoms with Crippen LogP contribution in [0.2, 0.25) is 0 Å². The van der Waals surface area contributed by atoms with Crippen LogP contribution in [0.1, 0.15) is 50.8 Å². The summed E-state index contributed by atoms with van der Waals surface area (Å²) in [6.07, 6.45) is 6.97. The van der Waals surface area contributed by atoms with E-state index in [0.29, 0.717) is 13.1 Å². The van der Waals surface area contributed by atoms with Crippen LogP contribution < -0.4 is 5.32 Å². The summed E-state index contributed by atoms with van der Waals surface area (Å²) in [7, 11) is 0. The van der Waals surface area contributed by atoms with E-state index >= 15 is 0 Å². The molecule has 0 saturated carbocycles. The van der Waals surface area contributed by atoms with Gasteiger partial charge in [-0.05, 0) is 57.8 Å². The molecule has 0 radical (unpaired) electrons. The highest BCUT2D eigenvalue weighted by molar-refractivity contribution is 5.74. The molecule has 0 aliphatic carbocycles. The summed E-state index contributed by atoms with van der Waals surface area (Å²) in [6, 6.07) is 3.97. The topological polar surface area (TPSA) is 69.0 Å². The van der Waals surface area contributed by atoms with Crippen molar-refractivity contribution >= 4 is 6.03 Å². The van der Waals surface area contributed by atoms with Crippen molar-refractivity contribution in [1.29, 1.82) is 0 Å². The van der Waals surface area contributed by atoms with Crippen LogP contribution in [0.15, 0.2) is 22.8 Å². The summed E-state index contributed by atoms with van der Waals surface area (Å²) < 4.78 is 5.64. The van der Waals surface area contributed by atoms with Crippen LogP contribution in [0.3, 0.4) is 0 Å². The maximum atomic E-state index is 12.6. The number of amides is 2. The molecule has 1 aromatic rings. The Bertz CT molecular complexity index is 526. The summed E-state index contributed by atoms with van der Waals surface area (Å²) in [4.78, 5) is 16.9. The van der Waals surface area contributed by atoms with E-state index in [-0.39, 0.29) is 24.1 Å². The van der Waals surface area contributed by atoms with Crippen LogP contribution in [0, 0.1) is 5.92 Å². The fourth-order valence-corrected chi connectivity index (χ4v) is 4.00. The number of nitrogens with one attached hydrogen (secondary N) is 1. The second kappa shape index (κ2) is 8.72. The number of urea groups is 1. The average molecular weight is 349 g/mol. The molecular formula is C19H31N3O3. The number of piperidine rings is 2. The largest absolute Gasteiger partial charge is 0.468 e. The lowest BCUT2D eigenvalue weighted by atomic mass is 9.94. The summed E-state index contributed by atoms with van der Waals surface area (Å²) in [6.45, 7) is 5.88. The van der Waals surface area contributed by atoms with Gasteiger partial charge < -0.3 is 19.7 Å². The monoisotopic (exact) mass is 349 g/mol. The van der Waals surface area contributed by atoms with Gasteiger partial charge in [0.05, 0.1) is 18.4 Å². The first-order valence-corrected chi connectivity index (χ1v) is 9.63. The van der Waals surface area contributed by atoms with Gasteiger partial charge in [-0.2, -0.15) is 0 Å². The first-order valence-electron chi connectivity index (χ1n) is 9.63. The molecule has 2 fully saturated rings. The lowest BCUT2D eigenvalue weighted by Gasteiger charge is -2.36. The molecule has 2 amide bonds. The van der Waals surface area contributed by atoms with Crippen molar-refractivity contribution in [2.24, 2.45) is 5.92 Å². The number of rotatable bonds is 5. The molecule has 0 aromatic carbocycles. The second-order valence-corrected chi connectivity index (χ2v) is 7.40. The number of aliphatic hydroxyl groups is 1.